The Kier molecular flexibility index (Phi) is 8.14. The molecule has 0 amide bonds. The Morgan fingerprint density at radius 2 is 1.70 bits per heavy atom. The quantitative estimate of drug-likeness (QED) is 0.143. The third-order valence-corrected chi connectivity index (χ3v) is 6.14. The van der Waals surface area contributed by atoms with Gasteiger partial charge in [0.15, 0.2) is 5.82 Å². The second-order valence-electron chi connectivity index (χ2n) is 7.46. The van der Waals surface area contributed by atoms with E-state index in [-0.39, 0.29) is 5.75 Å². The number of aromatic nitrogens is 3. The van der Waals surface area contributed by atoms with Crippen molar-refractivity contribution in [1.29, 1.82) is 0 Å². The predicted octanol–water partition coefficient (Wildman–Crippen LogP) is 6.46. The van der Waals surface area contributed by atoms with Crippen LogP contribution in [0.1, 0.15) is 21.5 Å². The number of nitrogens with zero attached hydrogens (tertiary/aromatic N) is 4. The van der Waals surface area contributed by atoms with Crippen molar-refractivity contribution in [2.24, 2.45) is 5.10 Å². The van der Waals surface area contributed by atoms with Crippen molar-refractivity contribution in [2.45, 2.75) is 17.3 Å². The molecular weight excluding hydrogens is 529 g/mol. The van der Waals surface area contributed by atoms with Gasteiger partial charge in [0.2, 0.25) is 5.16 Å². The number of hydrogen-bond donors (Lipinski definition) is 0. The van der Waals surface area contributed by atoms with E-state index >= 15 is 0 Å². The highest BCUT2D eigenvalue weighted by atomic mass is 35.5. The molecule has 7 nitrogen and oxygen atoms in total. The molecule has 0 spiro atoms. The van der Waals surface area contributed by atoms with Gasteiger partial charge in [-0.3, -0.25) is 0 Å². The molecule has 1 aromatic heterocycles. The van der Waals surface area contributed by atoms with Crippen molar-refractivity contribution in [3.05, 3.63) is 94.5 Å². The molecule has 37 heavy (non-hydrogen) atoms. The number of hydrogen-bond acceptors (Lipinski definition) is 7. The van der Waals surface area contributed by atoms with E-state index in [1.165, 1.54) is 54.0 Å². The van der Waals surface area contributed by atoms with Crippen molar-refractivity contribution in [1.82, 2.24) is 14.9 Å². The number of carbonyl (C=O) groups is 1. The van der Waals surface area contributed by atoms with Crippen LogP contribution in [0.5, 0.6) is 5.75 Å². The molecule has 0 aliphatic carbocycles. The number of carbonyl (C=O) groups excluding carboxylic acids is 1. The molecule has 0 aliphatic heterocycles. The molecule has 190 valence electrons. The van der Waals surface area contributed by atoms with Crippen LogP contribution in [0.25, 0.3) is 11.4 Å². The first-order valence-corrected chi connectivity index (χ1v) is 12.0. The molecule has 0 atom stereocenters. The van der Waals surface area contributed by atoms with Crippen LogP contribution in [0.2, 0.25) is 5.02 Å². The van der Waals surface area contributed by atoms with Crippen LogP contribution in [0.3, 0.4) is 0 Å². The number of thioether (sulfide) groups is 1. The molecule has 0 aliphatic rings. The maximum absolute atomic E-state index is 12.4. The fourth-order valence-electron chi connectivity index (χ4n) is 3.12. The summed E-state index contributed by atoms with van der Waals surface area (Å²) in [4.78, 5) is 11.6. The second-order valence-corrected chi connectivity index (χ2v) is 8.84. The fourth-order valence-corrected chi connectivity index (χ4v) is 4.09. The summed E-state index contributed by atoms with van der Waals surface area (Å²) in [6.45, 7) is 0. The van der Waals surface area contributed by atoms with Gasteiger partial charge in [-0.1, -0.05) is 35.5 Å². The molecule has 0 bridgehead atoms. The average Bonchev–Trinajstić information content (AvgIpc) is 3.29. The maximum Gasteiger partial charge on any atom is 0.573 e. The summed E-state index contributed by atoms with van der Waals surface area (Å²) >= 11 is 7.38. The second kappa shape index (κ2) is 11.5. The largest absolute Gasteiger partial charge is 0.573 e. The van der Waals surface area contributed by atoms with Crippen LogP contribution >= 0.6 is 23.4 Å². The molecule has 0 saturated carbocycles. The zero-order chi connectivity index (χ0) is 26.4. The molecule has 0 saturated heterocycles. The number of halogens is 4. The molecule has 0 fully saturated rings. The van der Waals surface area contributed by atoms with Crippen LogP contribution in [-0.4, -0.2) is 40.5 Å². The van der Waals surface area contributed by atoms with Gasteiger partial charge in [0.25, 0.3) is 0 Å². The highest BCUT2D eigenvalue weighted by molar-refractivity contribution is 7.98. The van der Waals surface area contributed by atoms with Crippen LogP contribution < -0.4 is 4.74 Å². The smallest absolute Gasteiger partial charge is 0.465 e. The topological polar surface area (TPSA) is 78.6 Å². The number of benzene rings is 3. The molecule has 12 heteroatoms. The van der Waals surface area contributed by atoms with Gasteiger partial charge < -0.3 is 9.47 Å². The summed E-state index contributed by atoms with van der Waals surface area (Å²) in [5, 5.41) is 14.1. The summed E-state index contributed by atoms with van der Waals surface area (Å²) in [6.07, 6.45) is -3.29. The molecule has 4 aromatic rings. The minimum atomic E-state index is -4.77. The first-order valence-electron chi connectivity index (χ1n) is 10.6. The zero-order valence-corrected chi connectivity index (χ0v) is 20.7. The van der Waals surface area contributed by atoms with E-state index in [0.717, 1.165) is 11.1 Å². The Hall–Kier alpha value is -3.83. The van der Waals surface area contributed by atoms with E-state index in [1.54, 1.807) is 36.4 Å². The van der Waals surface area contributed by atoms with E-state index in [0.29, 0.717) is 32.9 Å². The van der Waals surface area contributed by atoms with E-state index in [4.69, 9.17) is 16.3 Å². The van der Waals surface area contributed by atoms with Crippen LogP contribution in [-0.2, 0) is 10.5 Å². The Morgan fingerprint density at radius 1 is 1.03 bits per heavy atom. The van der Waals surface area contributed by atoms with Gasteiger partial charge in [-0.05, 0) is 71.8 Å². The molecule has 1 heterocycles. The van der Waals surface area contributed by atoms with Crippen LogP contribution in [0.15, 0.2) is 83.1 Å². The van der Waals surface area contributed by atoms with Crippen LogP contribution in [0.4, 0.5) is 13.2 Å². The number of rotatable bonds is 8. The molecular formula is C25H18ClF3N4O3S. The predicted molar refractivity (Wildman–Crippen MR) is 134 cm³/mol. The van der Waals surface area contributed by atoms with Gasteiger partial charge in [0.1, 0.15) is 5.75 Å². The van der Waals surface area contributed by atoms with Crippen molar-refractivity contribution in [3.8, 4) is 17.1 Å². The monoisotopic (exact) mass is 546 g/mol. The Morgan fingerprint density at radius 3 is 2.32 bits per heavy atom. The lowest BCUT2D eigenvalue weighted by Crippen LogP contribution is -2.17. The highest BCUT2D eigenvalue weighted by Crippen LogP contribution is 2.28. The zero-order valence-electron chi connectivity index (χ0n) is 19.1. The normalized spacial score (nSPS) is 11.6. The van der Waals surface area contributed by atoms with E-state index in [1.807, 2.05) is 12.1 Å². The van der Waals surface area contributed by atoms with E-state index < -0.39 is 12.3 Å². The first-order chi connectivity index (χ1) is 17.7. The lowest BCUT2D eigenvalue weighted by molar-refractivity contribution is -0.274. The van der Waals surface area contributed by atoms with Crippen molar-refractivity contribution in [2.75, 3.05) is 7.11 Å². The summed E-state index contributed by atoms with van der Waals surface area (Å²) in [6, 6.07) is 19.3. The lowest BCUT2D eigenvalue weighted by Gasteiger charge is -2.08. The number of methoxy groups -OCH3 is 1. The van der Waals surface area contributed by atoms with E-state index in [9.17, 15) is 18.0 Å². The molecule has 4 rings (SSSR count). The van der Waals surface area contributed by atoms with Gasteiger partial charge in [-0.15, -0.1) is 23.4 Å². The van der Waals surface area contributed by atoms with Gasteiger partial charge >= 0.3 is 12.3 Å². The Balaban J connectivity index is 1.58. The van der Waals surface area contributed by atoms with E-state index in [2.05, 4.69) is 20.0 Å². The Labute approximate surface area is 218 Å². The lowest BCUT2D eigenvalue weighted by atomic mass is 10.1. The molecule has 0 unspecified atom stereocenters. The summed E-state index contributed by atoms with van der Waals surface area (Å²) in [7, 11) is 1.32. The third-order valence-electron chi connectivity index (χ3n) is 4.89. The number of esters is 1. The Bertz CT molecular complexity index is 1390. The van der Waals surface area contributed by atoms with Gasteiger partial charge in [0.05, 0.1) is 18.9 Å². The fraction of sp³-hybridized carbons (Fsp3) is 0.120. The standard InChI is InChI=1S/C25H18ClF3N4O3S/c1-35-23(34)19-6-2-17(3-7-19)15-37-24-32-31-22(18-8-10-20(26)11-9-18)33(24)30-14-16-4-12-21(13-5-16)36-25(27,28)29/h2-14H,15H2,1H3. The summed E-state index contributed by atoms with van der Waals surface area (Å²) < 4.78 is 47.4. The number of ether oxygens (including phenoxy) is 2. The third kappa shape index (κ3) is 7.11. The minimum Gasteiger partial charge on any atom is -0.465 e. The van der Waals surface area contributed by atoms with Crippen molar-refractivity contribution in [3.63, 3.8) is 0 Å². The van der Waals surface area contributed by atoms with Crippen molar-refractivity contribution < 1.29 is 27.4 Å². The molecule has 0 radical (unpaired) electrons. The van der Waals surface area contributed by atoms with Crippen molar-refractivity contribution >= 4 is 35.5 Å². The number of alkyl halides is 3. The SMILES string of the molecule is COC(=O)c1ccc(CSc2nnc(-c3ccc(Cl)cc3)n2N=Cc2ccc(OC(F)(F)F)cc2)cc1. The molecule has 3 aromatic carbocycles. The summed E-state index contributed by atoms with van der Waals surface area (Å²) in [5.74, 6) is 0.219. The minimum absolute atomic E-state index is 0.328. The molecule has 0 N–H and O–H groups in total. The van der Waals surface area contributed by atoms with Gasteiger partial charge in [-0.2, -0.15) is 9.78 Å². The first kappa shape index (κ1) is 26.2. The summed E-state index contributed by atoms with van der Waals surface area (Å²) in [5.41, 5.74) is 2.64. The van der Waals surface area contributed by atoms with Gasteiger partial charge in [-0.25, -0.2) is 4.79 Å². The van der Waals surface area contributed by atoms with Crippen LogP contribution in [0, 0.1) is 0 Å². The maximum atomic E-state index is 12.4. The average molecular weight is 547 g/mol. The van der Waals surface area contributed by atoms with Gasteiger partial charge in [0, 0.05) is 16.3 Å². The highest BCUT2D eigenvalue weighted by Gasteiger charge is 2.30.